The third kappa shape index (κ3) is 3.54. The number of ether oxygens (including phenoxy) is 1. The molecule has 2 aliphatic rings. The second-order valence-corrected chi connectivity index (χ2v) is 6.87. The van der Waals surface area contributed by atoms with Gasteiger partial charge in [0.05, 0.1) is 0 Å². The Kier molecular flexibility index (Phi) is 4.39. The van der Waals surface area contributed by atoms with Crippen molar-refractivity contribution < 1.29 is 9.53 Å². The van der Waals surface area contributed by atoms with E-state index in [4.69, 9.17) is 4.74 Å². The van der Waals surface area contributed by atoms with E-state index in [2.05, 4.69) is 22.3 Å². The lowest BCUT2D eigenvalue weighted by molar-refractivity contribution is -0.124. The maximum atomic E-state index is 12.2. The molecule has 126 valence electrons. The standard InChI is InChI=1S/C20H24N2O2/c23-20(21-16-10-12-22(13-11-16)17-8-9-17)14-24-19-7-3-5-15-4-1-2-6-18(15)19/h1-7,16-17H,8-14H2,(H,21,23). The Morgan fingerprint density at radius 2 is 1.79 bits per heavy atom. The highest BCUT2D eigenvalue weighted by Gasteiger charge is 2.32. The molecular formula is C20H24N2O2. The van der Waals surface area contributed by atoms with Crippen LogP contribution >= 0.6 is 0 Å². The van der Waals surface area contributed by atoms with Crippen molar-refractivity contribution in [2.75, 3.05) is 19.7 Å². The molecule has 4 heteroatoms. The van der Waals surface area contributed by atoms with E-state index in [9.17, 15) is 4.79 Å². The van der Waals surface area contributed by atoms with E-state index in [-0.39, 0.29) is 12.5 Å². The third-order valence-corrected chi connectivity index (χ3v) is 5.07. The van der Waals surface area contributed by atoms with Crippen LogP contribution in [0.5, 0.6) is 5.75 Å². The van der Waals surface area contributed by atoms with Gasteiger partial charge in [0.25, 0.3) is 5.91 Å². The second-order valence-electron chi connectivity index (χ2n) is 6.87. The molecule has 0 unspecified atom stereocenters. The largest absolute Gasteiger partial charge is 0.483 e. The Morgan fingerprint density at radius 3 is 2.58 bits per heavy atom. The Bertz CT molecular complexity index is 713. The monoisotopic (exact) mass is 324 g/mol. The highest BCUT2D eigenvalue weighted by Crippen LogP contribution is 2.29. The summed E-state index contributed by atoms with van der Waals surface area (Å²) in [6.45, 7) is 2.30. The summed E-state index contributed by atoms with van der Waals surface area (Å²) in [4.78, 5) is 14.8. The van der Waals surface area contributed by atoms with Crippen LogP contribution in [0.1, 0.15) is 25.7 Å². The van der Waals surface area contributed by atoms with Crippen molar-refractivity contribution in [3.8, 4) is 5.75 Å². The fourth-order valence-corrected chi connectivity index (χ4v) is 3.58. The van der Waals surface area contributed by atoms with Gasteiger partial charge in [0, 0.05) is 30.6 Å². The van der Waals surface area contributed by atoms with Crippen molar-refractivity contribution in [1.29, 1.82) is 0 Å². The molecular weight excluding hydrogens is 300 g/mol. The molecule has 0 bridgehead atoms. The average Bonchev–Trinajstić information content (AvgIpc) is 3.46. The summed E-state index contributed by atoms with van der Waals surface area (Å²) in [7, 11) is 0. The van der Waals surface area contributed by atoms with Crippen LogP contribution in [0.4, 0.5) is 0 Å². The number of carbonyl (C=O) groups excluding carboxylic acids is 1. The lowest BCUT2D eigenvalue weighted by Gasteiger charge is -2.32. The maximum absolute atomic E-state index is 12.2. The summed E-state index contributed by atoms with van der Waals surface area (Å²) in [5.41, 5.74) is 0. The molecule has 1 aliphatic heterocycles. The predicted octanol–water partition coefficient (Wildman–Crippen LogP) is 2.96. The van der Waals surface area contributed by atoms with Crippen molar-refractivity contribution in [2.24, 2.45) is 0 Å². The van der Waals surface area contributed by atoms with Gasteiger partial charge in [0.15, 0.2) is 6.61 Å². The minimum atomic E-state index is -0.0205. The van der Waals surface area contributed by atoms with Crippen LogP contribution in [0.15, 0.2) is 42.5 Å². The number of hydrogen-bond acceptors (Lipinski definition) is 3. The summed E-state index contributed by atoms with van der Waals surface area (Å²) < 4.78 is 5.77. The van der Waals surface area contributed by atoms with Gasteiger partial charge in [-0.15, -0.1) is 0 Å². The molecule has 0 radical (unpaired) electrons. The lowest BCUT2D eigenvalue weighted by Crippen LogP contribution is -2.46. The van der Waals surface area contributed by atoms with Crippen molar-refractivity contribution in [3.63, 3.8) is 0 Å². The van der Waals surface area contributed by atoms with Crippen molar-refractivity contribution in [1.82, 2.24) is 10.2 Å². The zero-order valence-corrected chi connectivity index (χ0v) is 13.9. The van der Waals surface area contributed by atoms with E-state index in [0.29, 0.717) is 6.04 Å². The molecule has 1 saturated heterocycles. The summed E-state index contributed by atoms with van der Waals surface area (Å²) in [6, 6.07) is 15.1. The number of nitrogens with one attached hydrogen (secondary N) is 1. The molecule has 4 rings (SSSR count). The number of piperidine rings is 1. The van der Waals surface area contributed by atoms with Gasteiger partial charge in [-0.2, -0.15) is 0 Å². The molecule has 1 saturated carbocycles. The van der Waals surface area contributed by atoms with E-state index < -0.39 is 0 Å². The van der Waals surface area contributed by atoms with E-state index in [1.807, 2.05) is 30.3 Å². The Hall–Kier alpha value is -2.07. The predicted molar refractivity (Wildman–Crippen MR) is 95.2 cm³/mol. The van der Waals surface area contributed by atoms with Gasteiger partial charge < -0.3 is 15.0 Å². The number of amides is 1. The first kappa shape index (κ1) is 15.5. The number of nitrogens with zero attached hydrogens (tertiary/aromatic N) is 1. The molecule has 0 atom stereocenters. The van der Waals surface area contributed by atoms with Gasteiger partial charge in [-0.3, -0.25) is 4.79 Å². The Labute approximate surface area is 142 Å². The number of hydrogen-bond donors (Lipinski definition) is 1. The first-order valence-corrected chi connectivity index (χ1v) is 8.93. The van der Waals surface area contributed by atoms with E-state index in [1.165, 1.54) is 12.8 Å². The van der Waals surface area contributed by atoms with Crippen LogP contribution in [-0.4, -0.2) is 42.6 Å². The van der Waals surface area contributed by atoms with E-state index in [0.717, 1.165) is 48.5 Å². The second kappa shape index (κ2) is 6.81. The van der Waals surface area contributed by atoms with Crippen LogP contribution in [-0.2, 0) is 4.79 Å². The van der Waals surface area contributed by atoms with Crippen LogP contribution < -0.4 is 10.1 Å². The summed E-state index contributed by atoms with van der Waals surface area (Å²) in [6.07, 6.45) is 4.82. The molecule has 0 spiro atoms. The zero-order chi connectivity index (χ0) is 16.4. The van der Waals surface area contributed by atoms with Crippen LogP contribution in [0.3, 0.4) is 0 Å². The zero-order valence-electron chi connectivity index (χ0n) is 13.9. The normalized spacial score (nSPS) is 19.3. The summed E-state index contributed by atoms with van der Waals surface area (Å²) >= 11 is 0. The van der Waals surface area contributed by atoms with E-state index >= 15 is 0 Å². The highest BCUT2D eigenvalue weighted by molar-refractivity contribution is 5.88. The Morgan fingerprint density at radius 1 is 1.04 bits per heavy atom. The number of benzene rings is 2. The third-order valence-electron chi connectivity index (χ3n) is 5.07. The topological polar surface area (TPSA) is 41.6 Å². The fourth-order valence-electron chi connectivity index (χ4n) is 3.58. The first-order valence-electron chi connectivity index (χ1n) is 8.93. The highest BCUT2D eigenvalue weighted by atomic mass is 16.5. The molecule has 2 aromatic rings. The maximum Gasteiger partial charge on any atom is 0.258 e. The number of carbonyl (C=O) groups is 1. The molecule has 2 fully saturated rings. The lowest BCUT2D eigenvalue weighted by atomic mass is 10.0. The average molecular weight is 324 g/mol. The summed E-state index contributed by atoms with van der Waals surface area (Å²) in [5, 5.41) is 5.30. The molecule has 2 aromatic carbocycles. The molecule has 24 heavy (non-hydrogen) atoms. The minimum Gasteiger partial charge on any atom is -0.483 e. The van der Waals surface area contributed by atoms with Crippen molar-refractivity contribution in [3.05, 3.63) is 42.5 Å². The van der Waals surface area contributed by atoms with Gasteiger partial charge in [0.2, 0.25) is 0 Å². The SMILES string of the molecule is O=C(COc1cccc2ccccc12)NC1CCN(C2CC2)CC1. The molecule has 1 aliphatic carbocycles. The van der Waals surface area contributed by atoms with Crippen LogP contribution in [0.2, 0.25) is 0 Å². The quantitative estimate of drug-likeness (QED) is 0.919. The molecule has 1 N–H and O–H groups in total. The van der Waals surface area contributed by atoms with Crippen LogP contribution in [0, 0.1) is 0 Å². The van der Waals surface area contributed by atoms with Gasteiger partial charge in [-0.05, 0) is 37.1 Å². The molecule has 4 nitrogen and oxygen atoms in total. The van der Waals surface area contributed by atoms with Gasteiger partial charge in [-0.1, -0.05) is 36.4 Å². The Balaban J connectivity index is 1.28. The number of rotatable bonds is 5. The number of likely N-dealkylation sites (tertiary alicyclic amines) is 1. The van der Waals surface area contributed by atoms with Gasteiger partial charge in [-0.25, -0.2) is 0 Å². The van der Waals surface area contributed by atoms with Crippen LogP contribution in [0.25, 0.3) is 10.8 Å². The first-order chi connectivity index (χ1) is 11.8. The minimum absolute atomic E-state index is 0.0205. The number of fused-ring (bicyclic) bond motifs is 1. The summed E-state index contributed by atoms with van der Waals surface area (Å²) in [5.74, 6) is 0.750. The molecule has 1 amide bonds. The molecule has 1 heterocycles. The van der Waals surface area contributed by atoms with Crippen molar-refractivity contribution >= 4 is 16.7 Å². The smallest absolute Gasteiger partial charge is 0.258 e. The van der Waals surface area contributed by atoms with Crippen molar-refractivity contribution in [2.45, 2.75) is 37.8 Å². The fraction of sp³-hybridized carbons (Fsp3) is 0.450. The van der Waals surface area contributed by atoms with Gasteiger partial charge in [0.1, 0.15) is 5.75 Å². The van der Waals surface area contributed by atoms with Gasteiger partial charge >= 0.3 is 0 Å². The molecule has 0 aromatic heterocycles. The van der Waals surface area contributed by atoms with E-state index in [1.54, 1.807) is 0 Å².